The zero-order valence-electron chi connectivity index (χ0n) is 23.6. The van der Waals surface area contributed by atoms with Gasteiger partial charge in [-0.3, -0.25) is 9.79 Å². The van der Waals surface area contributed by atoms with Gasteiger partial charge in [0.05, 0.1) is 18.3 Å². The molecule has 3 aromatic rings. The number of aliphatic imine (C=N–C) groups is 1. The van der Waals surface area contributed by atoms with E-state index in [0.29, 0.717) is 49.8 Å². The number of nitrogen functional groups attached to an aromatic ring is 1. The van der Waals surface area contributed by atoms with Gasteiger partial charge >= 0.3 is 0 Å². The molecule has 2 aromatic carbocycles. The summed E-state index contributed by atoms with van der Waals surface area (Å²) in [4.78, 5) is 21.7. The average Bonchev–Trinajstić information content (AvgIpc) is 3.43. The van der Waals surface area contributed by atoms with E-state index in [1.54, 1.807) is 0 Å². The van der Waals surface area contributed by atoms with Crippen LogP contribution in [-0.4, -0.2) is 68.1 Å². The Morgan fingerprint density at radius 2 is 1.77 bits per heavy atom. The molecule has 3 atom stereocenters. The van der Waals surface area contributed by atoms with E-state index in [1.165, 1.54) is 53.1 Å². The number of carbonyl (C=O) groups is 1. The van der Waals surface area contributed by atoms with E-state index < -0.39 is 45.3 Å². The fourth-order valence-corrected chi connectivity index (χ4v) is 7.08. The predicted molar refractivity (Wildman–Crippen MR) is 160 cm³/mol. The number of carbonyl (C=O) groups excluding carboxylic acids is 1. The molecule has 1 amide bonds. The molecule has 232 valence electrons. The summed E-state index contributed by atoms with van der Waals surface area (Å²) in [5.41, 5.74) is 13.7. The van der Waals surface area contributed by atoms with Crippen molar-refractivity contribution >= 4 is 28.0 Å². The lowest BCUT2D eigenvalue weighted by Gasteiger charge is -2.35. The number of anilines is 1. The monoisotopic (exact) mass is 627 g/mol. The summed E-state index contributed by atoms with van der Waals surface area (Å²) >= 11 is 0. The second-order valence-corrected chi connectivity index (χ2v) is 12.6. The summed E-state index contributed by atoms with van der Waals surface area (Å²) in [6.45, 7) is 1.51. The molecule has 1 aromatic heterocycles. The van der Waals surface area contributed by atoms with Crippen molar-refractivity contribution in [1.29, 1.82) is 0 Å². The maximum atomic E-state index is 14.1. The average molecular weight is 628 g/mol. The number of sulfonamides is 1. The number of halogens is 3. The van der Waals surface area contributed by atoms with Crippen LogP contribution in [0.4, 0.5) is 19.0 Å². The molecule has 0 unspecified atom stereocenters. The molecule has 10 nitrogen and oxygen atoms in total. The van der Waals surface area contributed by atoms with Crippen molar-refractivity contribution in [2.24, 2.45) is 10.7 Å². The van der Waals surface area contributed by atoms with Crippen LogP contribution in [0.15, 0.2) is 82.0 Å². The minimum atomic E-state index is -3.82. The first kappa shape index (κ1) is 31.3. The number of aromatic nitrogens is 1. The fourth-order valence-electron chi connectivity index (χ4n) is 5.48. The number of nitrogens with two attached hydrogens (primary N) is 2. The van der Waals surface area contributed by atoms with Gasteiger partial charge in [0.2, 0.25) is 15.9 Å². The second-order valence-electron chi connectivity index (χ2n) is 10.7. The SMILES string of the molecule is Nc1ccc(S(=O)(=O)N2CCNC[C@@H]2CCC2=C(NC(=O)[C@@H](N)[C@@H](c3ccc(F)cc3)c3cc(F)cc(F)c3)C=NC2)cn1. The Kier molecular flexibility index (Phi) is 9.44. The molecule has 2 aliphatic heterocycles. The van der Waals surface area contributed by atoms with Crippen LogP contribution in [0.5, 0.6) is 0 Å². The first-order chi connectivity index (χ1) is 21.0. The first-order valence-corrected chi connectivity index (χ1v) is 15.4. The number of hydrogen-bond acceptors (Lipinski definition) is 8. The number of nitrogens with one attached hydrogen (secondary N) is 2. The van der Waals surface area contributed by atoms with Gasteiger partial charge in [-0.2, -0.15) is 4.31 Å². The Labute approximate surface area is 253 Å². The molecule has 1 saturated heterocycles. The standard InChI is InChI=1S/C30H32F3N7O3S/c31-21-4-1-18(2-5-21)28(20-11-22(32)13-23(33)12-20)29(35)30(41)39-26-17-37-14-19(26)3-6-24-15-36-9-10-40(24)44(42,43)25-7-8-27(34)38-16-25/h1-2,4-5,7-8,11-13,16-17,24,28-29,36H,3,6,9-10,14-15,35H2,(H2,34,38)(H,39,41)/t24-,28-,29-/m0/s1. The molecule has 14 heteroatoms. The third-order valence-electron chi connectivity index (χ3n) is 7.72. The van der Waals surface area contributed by atoms with Crippen molar-refractivity contribution in [1.82, 2.24) is 19.9 Å². The highest BCUT2D eigenvalue weighted by Gasteiger charge is 2.34. The number of allylic oxidation sites excluding steroid dienone is 1. The van der Waals surface area contributed by atoms with Crippen molar-refractivity contribution < 1.29 is 26.4 Å². The number of piperazine rings is 1. The molecule has 0 bridgehead atoms. The normalized spacial score (nSPS) is 18.8. The minimum absolute atomic E-state index is 0.0536. The summed E-state index contributed by atoms with van der Waals surface area (Å²) in [7, 11) is -3.82. The molecule has 0 saturated carbocycles. The summed E-state index contributed by atoms with van der Waals surface area (Å²) in [6, 6.07) is 9.27. The molecule has 0 aliphatic carbocycles. The summed E-state index contributed by atoms with van der Waals surface area (Å²) in [5, 5.41) is 6.02. The van der Waals surface area contributed by atoms with Crippen LogP contribution in [0.2, 0.25) is 0 Å². The van der Waals surface area contributed by atoms with Gasteiger partial charge < -0.3 is 22.1 Å². The van der Waals surface area contributed by atoms with Crippen LogP contribution < -0.4 is 22.1 Å². The number of hydrogen-bond donors (Lipinski definition) is 4. The van der Waals surface area contributed by atoms with Gasteiger partial charge in [-0.05, 0) is 65.9 Å². The van der Waals surface area contributed by atoms with E-state index in [4.69, 9.17) is 11.5 Å². The van der Waals surface area contributed by atoms with Gasteiger partial charge in [-0.25, -0.2) is 26.6 Å². The van der Waals surface area contributed by atoms with Crippen LogP contribution >= 0.6 is 0 Å². The van der Waals surface area contributed by atoms with Crippen molar-refractivity contribution in [2.45, 2.75) is 35.7 Å². The van der Waals surface area contributed by atoms with Crippen LogP contribution in [0, 0.1) is 17.5 Å². The van der Waals surface area contributed by atoms with E-state index in [-0.39, 0.29) is 28.9 Å². The number of pyridine rings is 1. The van der Waals surface area contributed by atoms with Crippen molar-refractivity contribution in [3.05, 3.63) is 101 Å². The zero-order valence-corrected chi connectivity index (χ0v) is 24.4. The van der Waals surface area contributed by atoms with Gasteiger partial charge in [0.15, 0.2) is 0 Å². The quantitative estimate of drug-likeness (QED) is 0.269. The maximum absolute atomic E-state index is 14.1. The zero-order chi connectivity index (χ0) is 31.4. The predicted octanol–water partition coefficient (Wildman–Crippen LogP) is 2.44. The van der Waals surface area contributed by atoms with Crippen LogP contribution in [-0.2, 0) is 14.8 Å². The lowest BCUT2D eigenvalue weighted by molar-refractivity contribution is -0.121. The van der Waals surface area contributed by atoms with Gasteiger partial charge in [-0.15, -0.1) is 0 Å². The van der Waals surface area contributed by atoms with Gasteiger partial charge in [-0.1, -0.05) is 12.1 Å². The molecule has 5 rings (SSSR count). The second kappa shape index (κ2) is 13.3. The third-order valence-corrected chi connectivity index (χ3v) is 9.65. The van der Waals surface area contributed by atoms with Gasteiger partial charge in [0.25, 0.3) is 0 Å². The molecule has 0 spiro atoms. The number of nitrogens with zero attached hydrogens (tertiary/aromatic N) is 3. The van der Waals surface area contributed by atoms with Gasteiger partial charge in [0.1, 0.15) is 28.2 Å². The largest absolute Gasteiger partial charge is 0.384 e. The minimum Gasteiger partial charge on any atom is -0.384 e. The molecule has 1 fully saturated rings. The Hall–Kier alpha value is -4.11. The first-order valence-electron chi connectivity index (χ1n) is 14.0. The molecule has 0 radical (unpaired) electrons. The van der Waals surface area contributed by atoms with E-state index in [9.17, 15) is 26.4 Å². The molecule has 3 heterocycles. The Balaban J connectivity index is 1.32. The highest BCUT2D eigenvalue weighted by atomic mass is 32.2. The van der Waals surface area contributed by atoms with Gasteiger partial charge in [0, 0.05) is 50.1 Å². The number of amides is 1. The Morgan fingerprint density at radius 1 is 1.05 bits per heavy atom. The molecular formula is C30H32F3N7O3S. The Bertz CT molecular complexity index is 1660. The fraction of sp³-hybridized carbons (Fsp3) is 0.300. The highest BCUT2D eigenvalue weighted by Crippen LogP contribution is 2.30. The summed E-state index contributed by atoms with van der Waals surface area (Å²) in [5.74, 6) is -3.60. The molecular weight excluding hydrogens is 595 g/mol. The Morgan fingerprint density at radius 3 is 2.45 bits per heavy atom. The topological polar surface area (TPSA) is 156 Å². The molecule has 6 N–H and O–H groups in total. The number of rotatable bonds is 10. The van der Waals surface area contributed by atoms with E-state index in [2.05, 4.69) is 20.6 Å². The smallest absolute Gasteiger partial charge is 0.244 e. The highest BCUT2D eigenvalue weighted by molar-refractivity contribution is 7.89. The van der Waals surface area contributed by atoms with Crippen molar-refractivity contribution in [3.8, 4) is 0 Å². The van der Waals surface area contributed by atoms with Crippen LogP contribution in [0.25, 0.3) is 0 Å². The van der Waals surface area contributed by atoms with E-state index in [0.717, 1.165) is 17.7 Å². The maximum Gasteiger partial charge on any atom is 0.244 e. The lowest BCUT2D eigenvalue weighted by atomic mass is 9.84. The van der Waals surface area contributed by atoms with Crippen LogP contribution in [0.1, 0.15) is 29.9 Å². The van der Waals surface area contributed by atoms with Crippen molar-refractivity contribution in [3.63, 3.8) is 0 Å². The molecule has 44 heavy (non-hydrogen) atoms. The molecule has 2 aliphatic rings. The summed E-state index contributed by atoms with van der Waals surface area (Å²) < 4.78 is 70.2. The van der Waals surface area contributed by atoms with E-state index in [1.807, 2.05) is 0 Å². The third kappa shape index (κ3) is 6.99. The van der Waals surface area contributed by atoms with Crippen molar-refractivity contribution in [2.75, 3.05) is 31.9 Å². The van der Waals surface area contributed by atoms with E-state index >= 15 is 0 Å². The van der Waals surface area contributed by atoms with Crippen LogP contribution in [0.3, 0.4) is 0 Å². The number of benzene rings is 2. The lowest BCUT2D eigenvalue weighted by Crippen LogP contribution is -2.53. The summed E-state index contributed by atoms with van der Waals surface area (Å²) in [6.07, 6.45) is 3.62.